The van der Waals surface area contributed by atoms with Crippen LogP contribution in [0.4, 0.5) is 4.79 Å². The molecule has 0 saturated heterocycles. The van der Waals surface area contributed by atoms with Gasteiger partial charge in [-0.2, -0.15) is 0 Å². The van der Waals surface area contributed by atoms with Crippen molar-refractivity contribution in [3.63, 3.8) is 0 Å². The van der Waals surface area contributed by atoms with Crippen molar-refractivity contribution in [3.05, 3.63) is 28.8 Å². The van der Waals surface area contributed by atoms with E-state index in [1.807, 2.05) is 13.8 Å². The molecule has 0 aromatic heterocycles. The van der Waals surface area contributed by atoms with Crippen LogP contribution in [0, 0.1) is 5.92 Å². The third-order valence-electron chi connectivity index (χ3n) is 4.53. The lowest BCUT2D eigenvalue weighted by molar-refractivity contribution is -0.165. The largest absolute Gasteiger partial charge is 0.495 e. The van der Waals surface area contributed by atoms with Crippen LogP contribution < -0.4 is 15.4 Å². The number of benzene rings is 1. The number of carbonyl (C=O) groups is 4. The van der Waals surface area contributed by atoms with Gasteiger partial charge >= 0.3 is 18.0 Å². The Bertz CT molecular complexity index is 898. The number of esters is 1. The maximum atomic E-state index is 12.8. The molecule has 11 heteroatoms. The number of aliphatic carboxylic acids is 1. The molecule has 0 heterocycles. The van der Waals surface area contributed by atoms with Gasteiger partial charge in [0, 0.05) is 13.0 Å². The van der Waals surface area contributed by atoms with Gasteiger partial charge in [0.1, 0.15) is 17.4 Å². The number of ether oxygens (including phenoxy) is 3. The topological polar surface area (TPSA) is 140 Å². The first kappa shape index (κ1) is 30.0. The van der Waals surface area contributed by atoms with Gasteiger partial charge < -0.3 is 30.0 Å². The molecule has 0 spiro atoms. The molecule has 196 valence electrons. The molecule has 2 atom stereocenters. The summed E-state index contributed by atoms with van der Waals surface area (Å²) in [4.78, 5) is 48.5. The van der Waals surface area contributed by atoms with Gasteiger partial charge in [0.2, 0.25) is 5.91 Å². The molecule has 1 aromatic rings. The van der Waals surface area contributed by atoms with Crippen molar-refractivity contribution in [2.75, 3.05) is 13.7 Å². The summed E-state index contributed by atoms with van der Waals surface area (Å²) >= 11 is 6.17. The average molecular weight is 515 g/mol. The number of carboxylic acids is 1. The maximum absolute atomic E-state index is 12.8. The molecule has 35 heavy (non-hydrogen) atoms. The molecule has 0 aliphatic rings. The second-order valence-corrected chi connectivity index (χ2v) is 9.77. The summed E-state index contributed by atoms with van der Waals surface area (Å²) in [6.07, 6.45) is -2.00. The molecule has 1 rings (SSSR count). The first-order chi connectivity index (χ1) is 16.2. The van der Waals surface area contributed by atoms with Crippen LogP contribution in [0.2, 0.25) is 5.02 Å². The molecule has 0 radical (unpaired) electrons. The molecule has 3 N–H and O–H groups in total. The quantitative estimate of drug-likeness (QED) is 0.361. The summed E-state index contributed by atoms with van der Waals surface area (Å²) in [5, 5.41) is 14.6. The van der Waals surface area contributed by atoms with Gasteiger partial charge in [-0.3, -0.25) is 9.59 Å². The van der Waals surface area contributed by atoms with Crippen molar-refractivity contribution in [3.8, 4) is 5.75 Å². The summed E-state index contributed by atoms with van der Waals surface area (Å²) < 4.78 is 15.4. The summed E-state index contributed by atoms with van der Waals surface area (Å²) in [7, 11) is 1.48. The number of methoxy groups -OCH3 is 1. The standard InChI is InChI=1S/C24H35ClN2O8/c1-14(2)11-19(22(30)31)34-20(28)9-10-26-21(29)17(27-23(32)35-24(3,4)5)13-15-7-8-18(33-6)16(25)12-15/h7-8,12,14,17,19H,9-11,13H2,1-6H3,(H,26,29)(H,27,32)(H,30,31)/t17-,19-/m1/s1. The Kier molecular flexibility index (Phi) is 11.8. The van der Waals surface area contributed by atoms with Crippen molar-refractivity contribution in [2.24, 2.45) is 5.92 Å². The van der Waals surface area contributed by atoms with Crippen LogP contribution in [0.25, 0.3) is 0 Å². The summed E-state index contributed by atoms with van der Waals surface area (Å²) in [6, 6.07) is 3.94. The molecular weight excluding hydrogens is 480 g/mol. The molecular formula is C24H35ClN2O8. The fourth-order valence-electron chi connectivity index (χ4n) is 2.99. The monoisotopic (exact) mass is 514 g/mol. The maximum Gasteiger partial charge on any atom is 0.408 e. The lowest BCUT2D eigenvalue weighted by Gasteiger charge is -2.23. The Hall–Kier alpha value is -3.01. The first-order valence-electron chi connectivity index (χ1n) is 11.2. The fraction of sp³-hybridized carbons (Fsp3) is 0.583. The Morgan fingerprint density at radius 1 is 1.14 bits per heavy atom. The number of halogens is 1. The van der Waals surface area contributed by atoms with Gasteiger partial charge in [-0.25, -0.2) is 9.59 Å². The lowest BCUT2D eigenvalue weighted by Crippen LogP contribution is -2.49. The zero-order chi connectivity index (χ0) is 26.8. The second kappa shape index (κ2) is 13.8. The van der Waals surface area contributed by atoms with Crippen LogP contribution in [0.1, 0.15) is 53.0 Å². The highest BCUT2D eigenvalue weighted by molar-refractivity contribution is 6.32. The van der Waals surface area contributed by atoms with Gasteiger partial charge in [0.25, 0.3) is 0 Å². The zero-order valence-corrected chi connectivity index (χ0v) is 21.7. The molecule has 0 fully saturated rings. The minimum absolute atomic E-state index is 0.0229. The van der Waals surface area contributed by atoms with Crippen molar-refractivity contribution in [2.45, 2.75) is 71.6 Å². The number of alkyl carbamates (subject to hydrolysis) is 1. The van der Waals surface area contributed by atoms with Crippen LogP contribution in [0.5, 0.6) is 5.75 Å². The highest BCUT2D eigenvalue weighted by Gasteiger charge is 2.26. The van der Waals surface area contributed by atoms with Gasteiger partial charge in [0.05, 0.1) is 18.6 Å². The van der Waals surface area contributed by atoms with Crippen molar-refractivity contribution in [1.82, 2.24) is 10.6 Å². The molecule has 2 amide bonds. The number of carbonyl (C=O) groups excluding carboxylic acids is 3. The van der Waals surface area contributed by atoms with Crippen molar-refractivity contribution >= 4 is 35.5 Å². The third-order valence-corrected chi connectivity index (χ3v) is 4.82. The van der Waals surface area contributed by atoms with E-state index in [4.69, 9.17) is 25.8 Å². The molecule has 0 saturated carbocycles. The molecule has 0 aliphatic heterocycles. The minimum Gasteiger partial charge on any atom is -0.495 e. The average Bonchev–Trinajstić information content (AvgIpc) is 2.71. The van der Waals surface area contributed by atoms with E-state index in [0.717, 1.165) is 0 Å². The molecule has 1 aromatic carbocycles. The van der Waals surface area contributed by atoms with Gasteiger partial charge in [0.15, 0.2) is 6.10 Å². The number of carboxylic acid groups (broad SMARTS) is 1. The van der Waals surface area contributed by atoms with Crippen molar-refractivity contribution < 1.29 is 38.5 Å². The Labute approximate surface area is 210 Å². The van der Waals surface area contributed by atoms with E-state index in [1.165, 1.54) is 7.11 Å². The zero-order valence-electron chi connectivity index (χ0n) is 21.0. The van der Waals surface area contributed by atoms with Crippen LogP contribution in [0.15, 0.2) is 18.2 Å². The van der Waals surface area contributed by atoms with E-state index in [9.17, 15) is 24.3 Å². The molecule has 0 aliphatic carbocycles. The van der Waals surface area contributed by atoms with Crippen LogP contribution >= 0.6 is 11.6 Å². The Balaban J connectivity index is 2.81. The summed E-state index contributed by atoms with van der Waals surface area (Å²) in [5.74, 6) is -2.05. The molecule has 0 bridgehead atoms. The summed E-state index contributed by atoms with van der Waals surface area (Å²) in [6.45, 7) is 8.61. The van der Waals surface area contributed by atoms with Gasteiger partial charge in [-0.05, 0) is 50.8 Å². The predicted octanol–water partition coefficient (Wildman–Crippen LogP) is 3.33. The highest BCUT2D eigenvalue weighted by Crippen LogP contribution is 2.25. The SMILES string of the molecule is COc1ccc(C[C@@H](NC(=O)OC(C)(C)C)C(=O)NCCC(=O)O[C@H](CC(C)C)C(=O)O)cc1Cl. The van der Waals surface area contributed by atoms with Crippen molar-refractivity contribution in [1.29, 1.82) is 0 Å². The van der Waals surface area contributed by atoms with E-state index in [2.05, 4.69) is 10.6 Å². The van der Waals surface area contributed by atoms with E-state index in [1.54, 1.807) is 39.0 Å². The first-order valence-corrected chi connectivity index (χ1v) is 11.6. The normalized spacial score (nSPS) is 12.9. The highest BCUT2D eigenvalue weighted by atomic mass is 35.5. The van der Waals surface area contributed by atoms with Crippen LogP contribution in [0.3, 0.4) is 0 Å². The van der Waals surface area contributed by atoms with E-state index >= 15 is 0 Å². The van der Waals surface area contributed by atoms with E-state index < -0.39 is 41.7 Å². The van der Waals surface area contributed by atoms with E-state index in [-0.39, 0.29) is 31.7 Å². The van der Waals surface area contributed by atoms with Crippen LogP contribution in [-0.2, 0) is 30.3 Å². The van der Waals surface area contributed by atoms with Gasteiger partial charge in [-0.1, -0.05) is 31.5 Å². The molecule has 0 unspecified atom stereocenters. The number of amides is 2. The lowest BCUT2D eigenvalue weighted by atomic mass is 10.0. The molecule has 10 nitrogen and oxygen atoms in total. The number of hydrogen-bond acceptors (Lipinski definition) is 7. The van der Waals surface area contributed by atoms with Gasteiger partial charge in [-0.15, -0.1) is 0 Å². The minimum atomic E-state index is -1.25. The fourth-order valence-corrected chi connectivity index (χ4v) is 3.27. The summed E-state index contributed by atoms with van der Waals surface area (Å²) in [5.41, 5.74) is -0.112. The Morgan fingerprint density at radius 2 is 1.80 bits per heavy atom. The number of rotatable bonds is 12. The number of hydrogen-bond donors (Lipinski definition) is 3. The predicted molar refractivity (Wildman–Crippen MR) is 129 cm³/mol. The second-order valence-electron chi connectivity index (χ2n) is 9.36. The van der Waals surface area contributed by atoms with E-state index in [0.29, 0.717) is 16.3 Å². The number of nitrogens with one attached hydrogen (secondary N) is 2. The van der Waals surface area contributed by atoms with Crippen LogP contribution in [-0.4, -0.2) is 60.4 Å². The third kappa shape index (κ3) is 11.8. The Morgan fingerprint density at radius 3 is 2.31 bits per heavy atom. The smallest absolute Gasteiger partial charge is 0.408 e.